The molecule has 0 heterocycles. The van der Waals surface area contributed by atoms with Crippen LogP contribution in [-0.2, 0) is 4.79 Å². The Kier molecular flexibility index (Phi) is 3.63. The Morgan fingerprint density at radius 3 is 3.00 bits per heavy atom. The standard InChI is InChI=1S/C15H22O/c1-11(2)4-3-5-13-8-6-12-7-9-15(16)14(13)10-12/h4,7,9,12-14H,3,5-6,8,10H2,1-2H3. The molecule has 2 bridgehead atoms. The van der Waals surface area contributed by atoms with E-state index in [0.717, 1.165) is 12.8 Å². The highest BCUT2D eigenvalue weighted by atomic mass is 16.1. The molecule has 0 aromatic carbocycles. The number of ketones is 1. The molecule has 1 heteroatoms. The van der Waals surface area contributed by atoms with Crippen LogP contribution in [0.3, 0.4) is 0 Å². The minimum absolute atomic E-state index is 0.342. The van der Waals surface area contributed by atoms with Crippen LogP contribution in [0.1, 0.15) is 46.0 Å². The maximum atomic E-state index is 11.8. The van der Waals surface area contributed by atoms with E-state index in [1.165, 1.54) is 24.8 Å². The maximum absolute atomic E-state index is 11.8. The fourth-order valence-electron chi connectivity index (χ4n) is 3.08. The number of hydrogen-bond donors (Lipinski definition) is 0. The summed E-state index contributed by atoms with van der Waals surface area (Å²) in [6.07, 6.45) is 12.3. The van der Waals surface area contributed by atoms with Gasteiger partial charge in [0.15, 0.2) is 5.78 Å². The summed E-state index contributed by atoms with van der Waals surface area (Å²) < 4.78 is 0. The lowest BCUT2D eigenvalue weighted by Crippen LogP contribution is -2.32. The van der Waals surface area contributed by atoms with Crippen molar-refractivity contribution in [1.29, 1.82) is 0 Å². The summed E-state index contributed by atoms with van der Waals surface area (Å²) >= 11 is 0. The summed E-state index contributed by atoms with van der Waals surface area (Å²) in [7, 11) is 0. The van der Waals surface area contributed by atoms with Gasteiger partial charge in [0.05, 0.1) is 0 Å². The molecule has 0 aromatic heterocycles. The Bertz CT molecular complexity index is 320. The van der Waals surface area contributed by atoms with E-state index in [-0.39, 0.29) is 0 Å². The second-order valence-corrected chi connectivity index (χ2v) is 5.56. The van der Waals surface area contributed by atoms with Gasteiger partial charge >= 0.3 is 0 Å². The zero-order chi connectivity index (χ0) is 11.5. The number of carbonyl (C=O) groups is 1. The van der Waals surface area contributed by atoms with Crippen LogP contribution in [0.4, 0.5) is 0 Å². The van der Waals surface area contributed by atoms with Crippen molar-refractivity contribution in [1.82, 2.24) is 0 Å². The Hall–Kier alpha value is -0.850. The van der Waals surface area contributed by atoms with Gasteiger partial charge in [0, 0.05) is 5.92 Å². The lowest BCUT2D eigenvalue weighted by Gasteiger charge is -2.36. The van der Waals surface area contributed by atoms with E-state index in [0.29, 0.717) is 23.5 Å². The van der Waals surface area contributed by atoms with Crippen LogP contribution in [-0.4, -0.2) is 5.78 Å². The molecular formula is C15H22O. The lowest BCUT2D eigenvalue weighted by atomic mass is 9.68. The monoisotopic (exact) mass is 218 g/mol. The zero-order valence-corrected chi connectivity index (χ0v) is 10.4. The summed E-state index contributed by atoms with van der Waals surface area (Å²) in [5.74, 6) is 2.07. The highest BCUT2D eigenvalue weighted by Crippen LogP contribution is 2.40. The van der Waals surface area contributed by atoms with Gasteiger partial charge in [-0.2, -0.15) is 0 Å². The Labute approximate surface area is 98.6 Å². The smallest absolute Gasteiger partial charge is 0.158 e. The summed E-state index contributed by atoms with van der Waals surface area (Å²) in [6, 6.07) is 0. The van der Waals surface area contributed by atoms with Crippen molar-refractivity contribution in [3.05, 3.63) is 23.8 Å². The van der Waals surface area contributed by atoms with Crippen molar-refractivity contribution >= 4 is 5.78 Å². The number of carbonyl (C=O) groups excluding carboxylic acids is 1. The second-order valence-electron chi connectivity index (χ2n) is 5.56. The fourth-order valence-corrected chi connectivity index (χ4v) is 3.08. The van der Waals surface area contributed by atoms with Crippen molar-refractivity contribution in [2.75, 3.05) is 0 Å². The predicted molar refractivity (Wildman–Crippen MR) is 67.1 cm³/mol. The molecule has 2 aliphatic carbocycles. The molecule has 1 saturated carbocycles. The summed E-state index contributed by atoms with van der Waals surface area (Å²) in [5, 5.41) is 0. The zero-order valence-electron chi connectivity index (χ0n) is 10.4. The minimum Gasteiger partial charge on any atom is -0.295 e. The van der Waals surface area contributed by atoms with Crippen molar-refractivity contribution < 1.29 is 4.79 Å². The summed E-state index contributed by atoms with van der Waals surface area (Å²) in [5.41, 5.74) is 1.39. The van der Waals surface area contributed by atoms with Crippen LogP contribution in [0.25, 0.3) is 0 Å². The maximum Gasteiger partial charge on any atom is 0.158 e. The van der Waals surface area contributed by atoms with Gasteiger partial charge in [0.1, 0.15) is 0 Å². The molecule has 0 radical (unpaired) electrons. The third-order valence-corrected chi connectivity index (χ3v) is 4.02. The molecule has 0 N–H and O–H groups in total. The SMILES string of the molecule is CC(C)=CCCC1CCC2C=CC(=O)C1C2. The third kappa shape index (κ3) is 2.63. The van der Waals surface area contributed by atoms with E-state index in [1.807, 2.05) is 6.08 Å². The minimum atomic E-state index is 0.342. The molecule has 3 atom stereocenters. The highest BCUT2D eigenvalue weighted by molar-refractivity contribution is 5.92. The quantitative estimate of drug-likeness (QED) is 0.656. The van der Waals surface area contributed by atoms with Gasteiger partial charge in [-0.3, -0.25) is 4.79 Å². The first-order valence-corrected chi connectivity index (χ1v) is 6.52. The van der Waals surface area contributed by atoms with E-state index >= 15 is 0 Å². The van der Waals surface area contributed by atoms with Gasteiger partial charge in [-0.25, -0.2) is 0 Å². The molecule has 0 aliphatic heterocycles. The number of rotatable bonds is 3. The second kappa shape index (κ2) is 4.99. The Morgan fingerprint density at radius 2 is 2.25 bits per heavy atom. The number of hydrogen-bond acceptors (Lipinski definition) is 1. The van der Waals surface area contributed by atoms with E-state index in [2.05, 4.69) is 26.0 Å². The van der Waals surface area contributed by atoms with E-state index in [9.17, 15) is 4.79 Å². The van der Waals surface area contributed by atoms with Crippen LogP contribution in [0.5, 0.6) is 0 Å². The molecule has 0 aromatic rings. The molecule has 88 valence electrons. The van der Waals surface area contributed by atoms with Crippen LogP contribution in [0.15, 0.2) is 23.8 Å². The largest absolute Gasteiger partial charge is 0.295 e. The lowest BCUT2D eigenvalue weighted by molar-refractivity contribution is -0.122. The van der Waals surface area contributed by atoms with Gasteiger partial charge in [-0.15, -0.1) is 0 Å². The topological polar surface area (TPSA) is 17.1 Å². The normalized spacial score (nSPS) is 32.6. The first-order chi connectivity index (χ1) is 7.66. The van der Waals surface area contributed by atoms with Gasteiger partial charge in [0.25, 0.3) is 0 Å². The molecule has 1 fully saturated rings. The van der Waals surface area contributed by atoms with E-state index < -0.39 is 0 Å². The number of fused-ring (bicyclic) bond motifs is 2. The summed E-state index contributed by atoms with van der Waals surface area (Å²) in [4.78, 5) is 11.8. The average Bonchev–Trinajstić information content (AvgIpc) is 2.26. The molecule has 0 saturated heterocycles. The third-order valence-electron chi connectivity index (χ3n) is 4.02. The fraction of sp³-hybridized carbons (Fsp3) is 0.667. The molecule has 16 heavy (non-hydrogen) atoms. The van der Waals surface area contributed by atoms with Crippen molar-refractivity contribution in [2.45, 2.75) is 46.0 Å². The van der Waals surface area contributed by atoms with E-state index in [4.69, 9.17) is 0 Å². The average molecular weight is 218 g/mol. The molecule has 3 unspecified atom stereocenters. The van der Waals surface area contributed by atoms with Crippen molar-refractivity contribution in [3.8, 4) is 0 Å². The van der Waals surface area contributed by atoms with Gasteiger partial charge in [-0.1, -0.05) is 17.7 Å². The Balaban J connectivity index is 1.93. The highest BCUT2D eigenvalue weighted by Gasteiger charge is 2.35. The van der Waals surface area contributed by atoms with Crippen molar-refractivity contribution in [2.24, 2.45) is 17.8 Å². The molecule has 2 rings (SSSR count). The van der Waals surface area contributed by atoms with Crippen LogP contribution in [0.2, 0.25) is 0 Å². The van der Waals surface area contributed by atoms with Crippen molar-refractivity contribution in [3.63, 3.8) is 0 Å². The van der Waals surface area contributed by atoms with Crippen LogP contribution in [0, 0.1) is 17.8 Å². The van der Waals surface area contributed by atoms with E-state index in [1.54, 1.807) is 0 Å². The van der Waals surface area contributed by atoms with Gasteiger partial charge < -0.3 is 0 Å². The molecule has 0 spiro atoms. The van der Waals surface area contributed by atoms with Crippen LogP contribution < -0.4 is 0 Å². The van der Waals surface area contributed by atoms with Gasteiger partial charge in [0.2, 0.25) is 0 Å². The van der Waals surface area contributed by atoms with Crippen LogP contribution >= 0.6 is 0 Å². The Morgan fingerprint density at radius 1 is 1.44 bits per heavy atom. The number of allylic oxidation sites excluding steroid dienone is 4. The molecule has 2 aliphatic rings. The van der Waals surface area contributed by atoms with Gasteiger partial charge in [-0.05, 0) is 63.9 Å². The first-order valence-electron chi connectivity index (χ1n) is 6.52. The first kappa shape index (κ1) is 11.6. The molecule has 0 amide bonds. The molecular weight excluding hydrogens is 196 g/mol. The summed E-state index contributed by atoms with van der Waals surface area (Å²) in [6.45, 7) is 4.29. The predicted octanol–water partition coefficient (Wildman–Crippen LogP) is 3.90. The molecule has 1 nitrogen and oxygen atoms in total.